The van der Waals surface area contributed by atoms with Gasteiger partial charge in [-0.3, -0.25) is 4.79 Å². The Labute approximate surface area is 126 Å². The van der Waals surface area contributed by atoms with E-state index >= 15 is 0 Å². The Morgan fingerprint density at radius 1 is 1.19 bits per heavy atom. The van der Waals surface area contributed by atoms with E-state index in [9.17, 15) is 13.2 Å². The number of rotatable bonds is 4. The van der Waals surface area contributed by atoms with Crippen LogP contribution in [0.25, 0.3) is 0 Å². The van der Waals surface area contributed by atoms with Crippen LogP contribution in [0.2, 0.25) is 0 Å². The highest BCUT2D eigenvalue weighted by Gasteiger charge is 2.42. The smallest absolute Gasteiger partial charge is 0.243 e. The number of fused-ring (bicyclic) bond motifs is 1. The van der Waals surface area contributed by atoms with E-state index in [1.165, 1.54) is 4.31 Å². The summed E-state index contributed by atoms with van der Waals surface area (Å²) < 4.78 is 26.6. The highest BCUT2D eigenvalue weighted by Crippen LogP contribution is 2.41. The van der Waals surface area contributed by atoms with Gasteiger partial charge >= 0.3 is 0 Å². The summed E-state index contributed by atoms with van der Waals surface area (Å²) in [5, 5.41) is 0. The Morgan fingerprint density at radius 2 is 1.76 bits per heavy atom. The predicted octanol–water partition coefficient (Wildman–Crippen LogP) is 1.97. The second-order valence-electron chi connectivity index (χ2n) is 5.76. The van der Waals surface area contributed by atoms with Crippen LogP contribution >= 0.6 is 0 Å². The van der Waals surface area contributed by atoms with Gasteiger partial charge in [-0.15, -0.1) is 0 Å². The summed E-state index contributed by atoms with van der Waals surface area (Å²) in [6.07, 6.45) is 0. The topological polar surface area (TPSA) is 57.7 Å². The number of benzene rings is 1. The molecular formula is C15H22N2O3S. The largest absolute Gasteiger partial charge is 0.314 e. The van der Waals surface area contributed by atoms with Crippen molar-refractivity contribution >= 4 is 21.6 Å². The molecule has 2 rings (SSSR count). The van der Waals surface area contributed by atoms with E-state index in [1.807, 2.05) is 27.7 Å². The summed E-state index contributed by atoms with van der Waals surface area (Å²) >= 11 is 0. The van der Waals surface area contributed by atoms with Crippen LogP contribution in [0, 0.1) is 0 Å². The molecule has 0 atom stereocenters. The zero-order valence-electron chi connectivity index (χ0n) is 13.2. The molecule has 0 unspecified atom stereocenters. The Kier molecular flexibility index (Phi) is 3.88. The SMILES string of the molecule is CCN(CC)S(=O)(=O)c1ccc2c(c1)C(C)(C)C(=O)N2C. The van der Waals surface area contributed by atoms with Crippen LogP contribution in [0.4, 0.5) is 5.69 Å². The first-order chi connectivity index (χ1) is 9.67. The van der Waals surface area contributed by atoms with Crippen LogP contribution in [0.3, 0.4) is 0 Å². The Morgan fingerprint density at radius 3 is 2.29 bits per heavy atom. The average molecular weight is 310 g/mol. The van der Waals surface area contributed by atoms with Crippen LogP contribution in [-0.4, -0.2) is 38.8 Å². The van der Waals surface area contributed by atoms with Crippen LogP contribution in [0.1, 0.15) is 33.3 Å². The molecule has 6 heteroatoms. The van der Waals surface area contributed by atoms with E-state index in [2.05, 4.69) is 0 Å². The lowest BCUT2D eigenvalue weighted by molar-refractivity contribution is -0.121. The maximum absolute atomic E-state index is 12.6. The van der Waals surface area contributed by atoms with Crippen molar-refractivity contribution in [1.82, 2.24) is 4.31 Å². The number of nitrogens with zero attached hydrogens (tertiary/aromatic N) is 2. The van der Waals surface area contributed by atoms with Crippen molar-refractivity contribution in [3.63, 3.8) is 0 Å². The van der Waals surface area contributed by atoms with Gasteiger partial charge in [0.1, 0.15) is 0 Å². The number of sulfonamides is 1. The van der Waals surface area contributed by atoms with Gasteiger partial charge in [0.15, 0.2) is 0 Å². The number of likely N-dealkylation sites (N-methyl/N-ethyl adjacent to an activating group) is 1. The van der Waals surface area contributed by atoms with Crippen molar-refractivity contribution in [2.24, 2.45) is 0 Å². The molecule has 116 valence electrons. The zero-order valence-corrected chi connectivity index (χ0v) is 14.0. The molecular weight excluding hydrogens is 288 g/mol. The minimum absolute atomic E-state index is 0.0186. The first-order valence-corrected chi connectivity index (χ1v) is 8.54. The first-order valence-electron chi connectivity index (χ1n) is 7.10. The number of hydrogen-bond acceptors (Lipinski definition) is 3. The Balaban J connectivity index is 2.59. The van der Waals surface area contributed by atoms with Gasteiger partial charge in [0.2, 0.25) is 15.9 Å². The zero-order chi connectivity index (χ0) is 16.0. The molecule has 0 saturated heterocycles. The molecule has 5 nitrogen and oxygen atoms in total. The van der Waals surface area contributed by atoms with Crippen LogP contribution < -0.4 is 4.90 Å². The maximum atomic E-state index is 12.6. The standard InChI is InChI=1S/C15H22N2O3S/c1-6-17(7-2)21(19,20)11-8-9-13-12(10-11)15(3,4)14(18)16(13)5/h8-10H,6-7H2,1-5H3. The predicted molar refractivity (Wildman–Crippen MR) is 83.0 cm³/mol. The lowest BCUT2D eigenvalue weighted by Crippen LogP contribution is -2.33. The molecule has 0 aromatic heterocycles. The Hall–Kier alpha value is -1.40. The summed E-state index contributed by atoms with van der Waals surface area (Å²) in [6.45, 7) is 8.14. The normalized spacial score (nSPS) is 17.4. The summed E-state index contributed by atoms with van der Waals surface area (Å²) in [4.78, 5) is 14.1. The van der Waals surface area contributed by atoms with Crippen molar-refractivity contribution in [1.29, 1.82) is 0 Å². The highest BCUT2D eigenvalue weighted by molar-refractivity contribution is 7.89. The second-order valence-corrected chi connectivity index (χ2v) is 7.70. The van der Waals surface area contributed by atoms with Crippen molar-refractivity contribution in [3.8, 4) is 0 Å². The van der Waals surface area contributed by atoms with E-state index in [0.29, 0.717) is 13.1 Å². The minimum atomic E-state index is -3.50. The maximum Gasteiger partial charge on any atom is 0.243 e. The fraction of sp³-hybridized carbons (Fsp3) is 0.533. The van der Waals surface area contributed by atoms with E-state index in [0.717, 1.165) is 11.3 Å². The molecule has 21 heavy (non-hydrogen) atoms. The summed E-state index contributed by atoms with van der Waals surface area (Å²) in [6, 6.07) is 4.94. The van der Waals surface area contributed by atoms with Gasteiger partial charge in [0.25, 0.3) is 0 Å². The van der Waals surface area contributed by atoms with Gasteiger partial charge in [0.05, 0.1) is 10.3 Å². The van der Waals surface area contributed by atoms with Gasteiger partial charge < -0.3 is 4.90 Å². The third-order valence-electron chi connectivity index (χ3n) is 4.19. The van der Waals surface area contributed by atoms with Crippen LogP contribution in [0.5, 0.6) is 0 Å². The van der Waals surface area contributed by atoms with Crippen LogP contribution in [-0.2, 0) is 20.2 Å². The Bertz CT molecular complexity index is 676. The van der Waals surface area contributed by atoms with Gasteiger partial charge in [-0.1, -0.05) is 13.8 Å². The van der Waals surface area contributed by atoms with Crippen molar-refractivity contribution in [2.75, 3.05) is 25.0 Å². The number of amides is 1. The van der Waals surface area contributed by atoms with Crippen molar-refractivity contribution < 1.29 is 13.2 Å². The molecule has 0 aliphatic carbocycles. The van der Waals surface area contributed by atoms with Crippen LogP contribution in [0.15, 0.2) is 23.1 Å². The first kappa shape index (κ1) is 16.0. The number of anilines is 1. The van der Waals surface area contributed by atoms with Gasteiger partial charge in [-0.2, -0.15) is 4.31 Å². The van der Waals surface area contributed by atoms with E-state index in [4.69, 9.17) is 0 Å². The second kappa shape index (κ2) is 5.10. The van der Waals surface area contributed by atoms with E-state index in [-0.39, 0.29) is 10.8 Å². The fourth-order valence-electron chi connectivity index (χ4n) is 2.83. The highest BCUT2D eigenvalue weighted by atomic mass is 32.2. The summed E-state index contributed by atoms with van der Waals surface area (Å²) in [5.74, 6) is -0.0186. The lowest BCUT2D eigenvalue weighted by atomic mass is 9.86. The molecule has 1 aromatic carbocycles. The van der Waals surface area contributed by atoms with Gasteiger partial charge in [-0.25, -0.2) is 8.42 Å². The molecule has 1 heterocycles. The number of carbonyl (C=O) groups excluding carboxylic acids is 1. The molecule has 1 aromatic rings. The number of carbonyl (C=O) groups is 1. The third-order valence-corrected chi connectivity index (χ3v) is 6.23. The molecule has 1 aliphatic rings. The monoisotopic (exact) mass is 310 g/mol. The van der Waals surface area contributed by atoms with Crippen molar-refractivity contribution in [3.05, 3.63) is 23.8 Å². The lowest BCUT2D eigenvalue weighted by Gasteiger charge is -2.20. The van der Waals surface area contributed by atoms with E-state index in [1.54, 1.807) is 30.1 Å². The minimum Gasteiger partial charge on any atom is -0.314 e. The fourth-order valence-corrected chi connectivity index (χ4v) is 4.31. The number of hydrogen-bond donors (Lipinski definition) is 0. The third kappa shape index (κ3) is 2.26. The van der Waals surface area contributed by atoms with E-state index < -0.39 is 15.4 Å². The molecule has 0 bridgehead atoms. The summed E-state index contributed by atoms with van der Waals surface area (Å²) in [7, 11) is -1.79. The van der Waals surface area contributed by atoms with Crippen molar-refractivity contribution in [2.45, 2.75) is 38.0 Å². The molecule has 1 amide bonds. The summed E-state index contributed by atoms with van der Waals surface area (Å²) in [5.41, 5.74) is 0.852. The molecule has 1 aliphatic heterocycles. The molecule has 0 radical (unpaired) electrons. The molecule has 0 saturated carbocycles. The molecule has 0 N–H and O–H groups in total. The quantitative estimate of drug-likeness (QED) is 0.854. The average Bonchev–Trinajstić information content (AvgIpc) is 2.61. The van der Waals surface area contributed by atoms with Gasteiger partial charge in [-0.05, 0) is 37.6 Å². The van der Waals surface area contributed by atoms with Gasteiger partial charge in [0, 0.05) is 25.8 Å². The molecule has 0 spiro atoms. The molecule has 0 fully saturated rings.